The molecule has 0 rings (SSSR count). The molecule has 0 aromatic heterocycles. The molecule has 0 fully saturated rings. The van der Waals surface area contributed by atoms with Crippen LogP contribution in [0.15, 0.2) is 22.3 Å². The van der Waals surface area contributed by atoms with E-state index >= 15 is 0 Å². The number of allylic oxidation sites excluding steroid dienone is 1. The molecule has 2 N–H and O–H groups in total. The molecule has 0 radical (unpaired) electrons. The van der Waals surface area contributed by atoms with Gasteiger partial charge in [0.25, 0.3) is 0 Å². The quantitative estimate of drug-likeness (QED) is 0.318. The van der Waals surface area contributed by atoms with Crippen LogP contribution in [0.5, 0.6) is 0 Å². The molecule has 0 bridgehead atoms. The van der Waals surface area contributed by atoms with Crippen molar-refractivity contribution in [1.29, 1.82) is 0 Å². The molecule has 22 heavy (non-hydrogen) atoms. The van der Waals surface area contributed by atoms with Gasteiger partial charge in [0.15, 0.2) is 0 Å². The summed E-state index contributed by atoms with van der Waals surface area (Å²) < 4.78 is 6.61. The monoisotopic (exact) mass is 418 g/mol. The van der Waals surface area contributed by atoms with Crippen molar-refractivity contribution >= 4 is 18.4 Å². The summed E-state index contributed by atoms with van der Waals surface area (Å²) in [5.74, 6) is 0. The van der Waals surface area contributed by atoms with Gasteiger partial charge < -0.3 is 0 Å². The van der Waals surface area contributed by atoms with E-state index < -0.39 is 30.6 Å². The number of hydrogen-bond donors (Lipinski definition) is 2. The van der Waals surface area contributed by atoms with Crippen molar-refractivity contribution in [2.75, 3.05) is 0 Å². The van der Waals surface area contributed by atoms with Crippen molar-refractivity contribution in [1.82, 2.24) is 0 Å². The molecular formula is C19H38O2Sn. The van der Waals surface area contributed by atoms with Gasteiger partial charge in [-0.05, 0) is 0 Å². The predicted octanol–water partition coefficient (Wildman–Crippen LogP) is 5.23. The molecule has 2 atom stereocenters. The normalized spacial score (nSPS) is 15.7. The Morgan fingerprint density at radius 2 is 1.18 bits per heavy atom. The van der Waals surface area contributed by atoms with Crippen molar-refractivity contribution < 1.29 is 10.2 Å². The van der Waals surface area contributed by atoms with Crippen LogP contribution in [0, 0.1) is 0 Å². The molecule has 0 aliphatic rings. The number of aliphatic hydroxyl groups is 2. The van der Waals surface area contributed by atoms with Crippen LogP contribution in [0.1, 0.15) is 66.2 Å². The number of unbranched alkanes of at least 4 members (excludes halogenated alkanes) is 3. The molecule has 0 saturated heterocycles. The topological polar surface area (TPSA) is 40.5 Å². The predicted molar refractivity (Wildman–Crippen MR) is 101 cm³/mol. The summed E-state index contributed by atoms with van der Waals surface area (Å²) in [5, 5.41) is 20.0. The molecule has 0 saturated carbocycles. The molecule has 0 aliphatic carbocycles. The van der Waals surface area contributed by atoms with Crippen LogP contribution in [-0.2, 0) is 0 Å². The second-order valence-corrected chi connectivity index (χ2v) is 19.5. The van der Waals surface area contributed by atoms with Crippen LogP contribution in [-0.4, -0.2) is 40.8 Å². The van der Waals surface area contributed by atoms with Crippen LogP contribution >= 0.6 is 0 Å². The summed E-state index contributed by atoms with van der Waals surface area (Å²) in [7, 11) is 0. The van der Waals surface area contributed by atoms with E-state index in [1.54, 1.807) is 12.2 Å². The first-order chi connectivity index (χ1) is 10.5. The maximum atomic E-state index is 10.1. The average Bonchev–Trinajstić information content (AvgIpc) is 2.53. The van der Waals surface area contributed by atoms with Gasteiger partial charge in [-0.25, -0.2) is 0 Å². The van der Waals surface area contributed by atoms with Gasteiger partial charge in [-0.1, -0.05) is 0 Å². The maximum absolute atomic E-state index is 10.1. The minimum atomic E-state index is -2.32. The fraction of sp³-hybridized carbons (Fsp3) is 0.789. The minimum absolute atomic E-state index is 0.753. The summed E-state index contributed by atoms with van der Waals surface area (Å²) in [6.07, 6.45) is 11.6. The van der Waals surface area contributed by atoms with E-state index in [9.17, 15) is 10.2 Å². The molecule has 0 unspecified atom stereocenters. The third kappa shape index (κ3) is 9.36. The van der Waals surface area contributed by atoms with E-state index in [1.165, 1.54) is 51.8 Å². The zero-order valence-corrected chi connectivity index (χ0v) is 18.1. The standard InChI is InChI=1S/C7H11O2.3C4H9.Sn/c1-3-5-7(9)6(8)4-2;3*1-3-4-2;/h2-9H,1H3;3*1,3-4H2,2H3;/b4-2?,5-3+;;;;/t6-,7-;;;;/m0..../s1. The molecule has 0 spiro atoms. The van der Waals surface area contributed by atoms with Crippen molar-refractivity contribution in [3.8, 4) is 0 Å². The zero-order chi connectivity index (χ0) is 16.8. The van der Waals surface area contributed by atoms with Crippen LogP contribution in [0.25, 0.3) is 0 Å². The van der Waals surface area contributed by atoms with Gasteiger partial charge in [0.05, 0.1) is 0 Å². The van der Waals surface area contributed by atoms with Gasteiger partial charge in [0.2, 0.25) is 0 Å². The summed E-state index contributed by atoms with van der Waals surface area (Å²) in [6, 6.07) is 0. The van der Waals surface area contributed by atoms with Gasteiger partial charge in [0, 0.05) is 0 Å². The third-order valence-electron chi connectivity index (χ3n) is 4.47. The van der Waals surface area contributed by atoms with E-state index in [4.69, 9.17) is 0 Å². The molecular weight excluding hydrogens is 379 g/mol. The van der Waals surface area contributed by atoms with Crippen LogP contribution in [0.2, 0.25) is 13.3 Å². The Kier molecular flexibility index (Phi) is 13.7. The first kappa shape index (κ1) is 22.2. The molecule has 2 nitrogen and oxygen atoms in total. The molecule has 3 heteroatoms. The summed E-state index contributed by atoms with van der Waals surface area (Å²) in [4.78, 5) is 0. The number of hydrogen-bond acceptors (Lipinski definition) is 2. The fourth-order valence-electron chi connectivity index (χ4n) is 2.94. The third-order valence-corrected chi connectivity index (χ3v) is 18.6. The van der Waals surface area contributed by atoms with Crippen molar-refractivity contribution in [2.45, 2.75) is 91.7 Å². The number of rotatable bonds is 13. The average molecular weight is 417 g/mol. The van der Waals surface area contributed by atoms with Crippen LogP contribution in [0.4, 0.5) is 0 Å². The first-order valence-electron chi connectivity index (χ1n) is 9.23. The molecule has 0 aromatic carbocycles. The fourth-order valence-corrected chi connectivity index (χ4v) is 17.3. The van der Waals surface area contributed by atoms with E-state index in [0.29, 0.717) is 0 Å². The van der Waals surface area contributed by atoms with E-state index in [2.05, 4.69) is 24.9 Å². The SMILES string of the molecule is C/C=C/[C@H](O)[C@@H](O)/C=[CH]/[Sn]([CH2]CCC)([CH2]CCC)[CH2]CCC. The van der Waals surface area contributed by atoms with Gasteiger partial charge in [-0.3, -0.25) is 0 Å². The Hall–Kier alpha value is 0.199. The van der Waals surface area contributed by atoms with E-state index in [1.807, 2.05) is 13.0 Å². The Labute approximate surface area is 142 Å². The van der Waals surface area contributed by atoms with Gasteiger partial charge >= 0.3 is 143 Å². The Morgan fingerprint density at radius 1 is 0.773 bits per heavy atom. The van der Waals surface area contributed by atoms with Gasteiger partial charge in [-0.2, -0.15) is 0 Å². The second-order valence-electron chi connectivity index (χ2n) is 6.54. The zero-order valence-electron chi connectivity index (χ0n) is 15.2. The van der Waals surface area contributed by atoms with Crippen LogP contribution in [0.3, 0.4) is 0 Å². The number of aliphatic hydroxyl groups excluding tert-OH is 2. The molecule has 0 aliphatic heterocycles. The van der Waals surface area contributed by atoms with Crippen molar-refractivity contribution in [3.63, 3.8) is 0 Å². The van der Waals surface area contributed by atoms with Gasteiger partial charge in [-0.15, -0.1) is 0 Å². The van der Waals surface area contributed by atoms with Crippen molar-refractivity contribution in [3.05, 3.63) is 22.3 Å². The second kappa shape index (κ2) is 13.6. The Balaban J connectivity index is 5.04. The molecule has 0 heterocycles. The Morgan fingerprint density at radius 3 is 1.55 bits per heavy atom. The van der Waals surface area contributed by atoms with Crippen LogP contribution < -0.4 is 0 Å². The summed E-state index contributed by atoms with van der Waals surface area (Å²) >= 11 is -2.32. The summed E-state index contributed by atoms with van der Waals surface area (Å²) in [5.41, 5.74) is 0. The molecule has 0 aromatic rings. The molecule has 0 amide bonds. The van der Waals surface area contributed by atoms with Gasteiger partial charge in [0.1, 0.15) is 0 Å². The molecule has 130 valence electrons. The summed E-state index contributed by atoms with van der Waals surface area (Å²) in [6.45, 7) is 8.67. The van der Waals surface area contributed by atoms with E-state index in [-0.39, 0.29) is 0 Å². The Bertz CT molecular complexity index is 291. The van der Waals surface area contributed by atoms with Crippen molar-refractivity contribution in [2.24, 2.45) is 0 Å². The van der Waals surface area contributed by atoms with E-state index in [0.717, 1.165) is 0 Å². The first-order valence-corrected chi connectivity index (χ1v) is 16.9.